The van der Waals surface area contributed by atoms with Gasteiger partial charge >= 0.3 is 0 Å². The van der Waals surface area contributed by atoms with E-state index in [0.29, 0.717) is 16.5 Å². The van der Waals surface area contributed by atoms with Gasteiger partial charge in [-0.25, -0.2) is 0 Å². The number of methoxy groups -OCH3 is 2. The van der Waals surface area contributed by atoms with Crippen LogP contribution in [0.5, 0.6) is 11.5 Å². The molecule has 0 aliphatic rings. The molecule has 0 amide bonds. The van der Waals surface area contributed by atoms with Crippen LogP contribution in [0.2, 0.25) is 10.0 Å². The highest BCUT2D eigenvalue weighted by atomic mass is 79.9. The molecule has 2 aromatic rings. The van der Waals surface area contributed by atoms with Crippen molar-refractivity contribution in [3.8, 4) is 11.5 Å². The maximum absolute atomic E-state index is 6.40. The Morgan fingerprint density at radius 1 is 0.952 bits per heavy atom. The molecule has 112 valence electrons. The van der Waals surface area contributed by atoms with Crippen LogP contribution in [0.15, 0.2) is 30.3 Å². The van der Waals surface area contributed by atoms with Crippen LogP contribution >= 0.6 is 39.1 Å². The first-order valence-corrected chi connectivity index (χ1v) is 7.97. The monoisotopic (exact) mass is 388 g/mol. The lowest BCUT2D eigenvalue weighted by Crippen LogP contribution is -2.00. The summed E-state index contributed by atoms with van der Waals surface area (Å²) in [5.74, 6) is 1.16. The molecule has 0 heterocycles. The minimum absolute atomic E-state index is 0.122. The molecule has 2 rings (SSSR count). The summed E-state index contributed by atoms with van der Waals surface area (Å²) in [7, 11) is 3.16. The summed E-state index contributed by atoms with van der Waals surface area (Å²) >= 11 is 16.4. The molecule has 21 heavy (non-hydrogen) atoms. The largest absolute Gasteiger partial charge is 0.495 e. The second-order valence-corrected chi connectivity index (χ2v) is 6.22. The van der Waals surface area contributed by atoms with Gasteiger partial charge in [-0.05, 0) is 24.1 Å². The zero-order chi connectivity index (χ0) is 15.6. The molecule has 0 aliphatic heterocycles. The maximum atomic E-state index is 6.40. The molecule has 1 unspecified atom stereocenters. The molecule has 0 fully saturated rings. The average Bonchev–Trinajstić information content (AvgIpc) is 2.49. The SMILES string of the molecule is COc1ccc(C(Br)c2cccc(C)c2Cl)c(OC)c1Cl. The Hall–Kier alpha value is -0.900. The van der Waals surface area contributed by atoms with Crippen LogP contribution in [-0.2, 0) is 0 Å². The van der Waals surface area contributed by atoms with Gasteiger partial charge in [0.2, 0.25) is 0 Å². The van der Waals surface area contributed by atoms with Crippen molar-refractivity contribution in [1.82, 2.24) is 0 Å². The van der Waals surface area contributed by atoms with Gasteiger partial charge in [-0.2, -0.15) is 0 Å². The summed E-state index contributed by atoms with van der Waals surface area (Å²) in [6, 6.07) is 9.66. The summed E-state index contributed by atoms with van der Waals surface area (Å²) in [6.07, 6.45) is 0. The van der Waals surface area contributed by atoms with Crippen molar-refractivity contribution < 1.29 is 9.47 Å². The van der Waals surface area contributed by atoms with E-state index in [4.69, 9.17) is 32.7 Å². The van der Waals surface area contributed by atoms with Gasteiger partial charge < -0.3 is 9.47 Å². The van der Waals surface area contributed by atoms with Gasteiger partial charge in [-0.15, -0.1) is 0 Å². The van der Waals surface area contributed by atoms with Crippen molar-refractivity contribution in [3.05, 3.63) is 57.1 Å². The van der Waals surface area contributed by atoms with Crippen LogP contribution in [0.1, 0.15) is 21.5 Å². The topological polar surface area (TPSA) is 18.5 Å². The second-order valence-electron chi connectivity index (χ2n) is 4.54. The van der Waals surface area contributed by atoms with E-state index < -0.39 is 0 Å². The summed E-state index contributed by atoms with van der Waals surface area (Å²) in [5, 5.41) is 1.18. The molecule has 5 heteroatoms. The molecule has 2 aromatic carbocycles. The van der Waals surface area contributed by atoms with E-state index in [2.05, 4.69) is 15.9 Å². The Balaban J connectivity index is 2.56. The first kappa shape index (κ1) is 16.5. The molecule has 0 radical (unpaired) electrons. The zero-order valence-electron chi connectivity index (χ0n) is 11.9. The van der Waals surface area contributed by atoms with Crippen molar-refractivity contribution in [3.63, 3.8) is 0 Å². The number of aryl methyl sites for hydroxylation is 1. The lowest BCUT2D eigenvalue weighted by atomic mass is 10.0. The van der Waals surface area contributed by atoms with Gasteiger partial charge in [-0.1, -0.05) is 63.4 Å². The smallest absolute Gasteiger partial charge is 0.145 e. The Morgan fingerprint density at radius 2 is 1.67 bits per heavy atom. The van der Waals surface area contributed by atoms with Crippen molar-refractivity contribution in [2.75, 3.05) is 14.2 Å². The fourth-order valence-electron chi connectivity index (χ4n) is 2.15. The molecular formula is C16H15BrCl2O2. The molecule has 0 saturated heterocycles. The number of hydrogen-bond donors (Lipinski definition) is 0. The number of ether oxygens (including phenoxy) is 2. The molecule has 2 nitrogen and oxygen atoms in total. The van der Waals surface area contributed by atoms with E-state index in [1.807, 2.05) is 37.3 Å². The van der Waals surface area contributed by atoms with Crippen molar-refractivity contribution in [2.24, 2.45) is 0 Å². The highest BCUT2D eigenvalue weighted by Gasteiger charge is 2.22. The molecule has 0 spiro atoms. The Kier molecular flexibility index (Phi) is 5.42. The molecule has 1 atom stereocenters. The molecule has 0 aliphatic carbocycles. The van der Waals surface area contributed by atoms with Crippen molar-refractivity contribution in [2.45, 2.75) is 11.8 Å². The fourth-order valence-corrected chi connectivity index (χ4v) is 3.59. The van der Waals surface area contributed by atoms with Crippen LogP contribution in [0, 0.1) is 6.92 Å². The summed E-state index contributed by atoms with van der Waals surface area (Å²) in [4.78, 5) is -0.122. The Bertz CT molecular complexity index is 659. The normalized spacial score (nSPS) is 12.1. The molecule has 0 saturated carbocycles. The quantitative estimate of drug-likeness (QED) is 0.615. The molecule has 0 N–H and O–H groups in total. The van der Waals surface area contributed by atoms with E-state index in [9.17, 15) is 0 Å². The number of alkyl halides is 1. The predicted octanol–water partition coefficient (Wildman–Crippen LogP) is 5.80. The van der Waals surface area contributed by atoms with E-state index in [1.165, 1.54) is 0 Å². The van der Waals surface area contributed by atoms with Crippen LogP contribution in [0.3, 0.4) is 0 Å². The third kappa shape index (κ3) is 3.15. The predicted molar refractivity (Wildman–Crippen MR) is 91.5 cm³/mol. The van der Waals surface area contributed by atoms with Gasteiger partial charge in [0, 0.05) is 10.6 Å². The van der Waals surface area contributed by atoms with Crippen LogP contribution in [0.4, 0.5) is 0 Å². The third-order valence-electron chi connectivity index (χ3n) is 3.28. The van der Waals surface area contributed by atoms with Gasteiger partial charge in [0.15, 0.2) is 0 Å². The van der Waals surface area contributed by atoms with Gasteiger partial charge in [0.05, 0.1) is 19.0 Å². The van der Waals surface area contributed by atoms with E-state index in [1.54, 1.807) is 14.2 Å². The van der Waals surface area contributed by atoms with Gasteiger partial charge in [0.25, 0.3) is 0 Å². The molecular weight excluding hydrogens is 375 g/mol. The number of hydrogen-bond acceptors (Lipinski definition) is 2. The highest BCUT2D eigenvalue weighted by molar-refractivity contribution is 9.09. The van der Waals surface area contributed by atoms with E-state index in [0.717, 1.165) is 21.7 Å². The van der Waals surface area contributed by atoms with Crippen LogP contribution in [-0.4, -0.2) is 14.2 Å². The summed E-state index contributed by atoms with van der Waals surface area (Å²) in [5.41, 5.74) is 2.89. The third-order valence-corrected chi connectivity index (χ3v) is 5.14. The van der Waals surface area contributed by atoms with Gasteiger partial charge in [-0.3, -0.25) is 0 Å². The summed E-state index contributed by atoms with van der Waals surface area (Å²) < 4.78 is 10.7. The molecule has 0 aromatic heterocycles. The first-order chi connectivity index (χ1) is 10.0. The lowest BCUT2D eigenvalue weighted by Gasteiger charge is -2.19. The van der Waals surface area contributed by atoms with Crippen LogP contribution in [0.25, 0.3) is 0 Å². The highest BCUT2D eigenvalue weighted by Crippen LogP contribution is 2.45. The summed E-state index contributed by atoms with van der Waals surface area (Å²) in [6.45, 7) is 1.98. The van der Waals surface area contributed by atoms with Crippen molar-refractivity contribution >= 4 is 39.1 Å². The van der Waals surface area contributed by atoms with Crippen molar-refractivity contribution in [1.29, 1.82) is 0 Å². The van der Waals surface area contributed by atoms with Crippen LogP contribution < -0.4 is 9.47 Å². The van der Waals surface area contributed by atoms with Gasteiger partial charge in [0.1, 0.15) is 16.5 Å². The second kappa shape index (κ2) is 6.91. The minimum atomic E-state index is -0.122. The Morgan fingerprint density at radius 3 is 2.29 bits per heavy atom. The lowest BCUT2D eigenvalue weighted by molar-refractivity contribution is 0.392. The van der Waals surface area contributed by atoms with E-state index in [-0.39, 0.29) is 4.83 Å². The standard InChI is InChI=1S/C16H15BrCl2O2/c1-9-5-4-6-10(14(9)18)13(17)11-7-8-12(20-2)15(19)16(11)21-3/h4-8,13H,1-3H3. The zero-order valence-corrected chi connectivity index (χ0v) is 15.0. The first-order valence-electron chi connectivity index (χ1n) is 6.30. The maximum Gasteiger partial charge on any atom is 0.145 e. The minimum Gasteiger partial charge on any atom is -0.495 e. The number of halogens is 3. The Labute approximate surface area is 143 Å². The van der Waals surface area contributed by atoms with E-state index >= 15 is 0 Å². The fraction of sp³-hybridized carbons (Fsp3) is 0.250. The number of rotatable bonds is 4. The molecule has 0 bridgehead atoms. The number of benzene rings is 2. The average molecular weight is 390 g/mol.